The second-order valence-corrected chi connectivity index (χ2v) is 8.83. The highest BCUT2D eigenvalue weighted by molar-refractivity contribution is 6.06. The van der Waals surface area contributed by atoms with Crippen molar-refractivity contribution in [2.24, 2.45) is 0 Å². The molecule has 0 unspecified atom stereocenters. The Kier molecular flexibility index (Phi) is 5.81. The molecule has 0 radical (unpaired) electrons. The monoisotopic (exact) mass is 470 g/mol. The zero-order valence-electron chi connectivity index (χ0n) is 18.8. The van der Waals surface area contributed by atoms with Crippen molar-refractivity contribution < 1.29 is 18.0 Å². The fraction of sp³-hybridized carbons (Fsp3) is 0.360. The standard InChI is InChI=1S/C25H25F3N4O2/c1-2-30-7-9-31(10-8-30)23-13-22-17(12-20(23)28)24(33)18(14-32(22)16-4-5-16)25(34)29-21-6-3-15(26)11-19(21)27/h3,6,11-14,16H,2,4-5,7-10H2,1H3,(H,29,34). The number of piperazine rings is 1. The molecule has 2 fully saturated rings. The summed E-state index contributed by atoms with van der Waals surface area (Å²) < 4.78 is 44.3. The third-order valence-corrected chi connectivity index (χ3v) is 6.63. The Hall–Kier alpha value is -3.33. The first-order valence-corrected chi connectivity index (χ1v) is 11.5. The van der Waals surface area contributed by atoms with Gasteiger partial charge >= 0.3 is 0 Å². The number of aromatic nitrogens is 1. The van der Waals surface area contributed by atoms with Crippen LogP contribution in [0.15, 0.2) is 41.3 Å². The van der Waals surface area contributed by atoms with E-state index < -0.39 is 28.8 Å². The molecule has 2 aliphatic rings. The van der Waals surface area contributed by atoms with Gasteiger partial charge < -0.3 is 19.7 Å². The van der Waals surface area contributed by atoms with Crippen molar-refractivity contribution in [2.45, 2.75) is 25.8 Å². The summed E-state index contributed by atoms with van der Waals surface area (Å²) in [6.07, 6.45) is 3.23. The zero-order chi connectivity index (χ0) is 24.0. The Morgan fingerprint density at radius 2 is 1.76 bits per heavy atom. The van der Waals surface area contributed by atoms with Crippen LogP contribution in [0.5, 0.6) is 0 Å². The lowest BCUT2D eigenvalue weighted by molar-refractivity contribution is 0.102. The Bertz CT molecular complexity index is 1330. The van der Waals surface area contributed by atoms with Crippen molar-refractivity contribution in [2.75, 3.05) is 42.9 Å². The number of likely N-dealkylation sites (N-methyl/N-ethyl adjacent to an activating group) is 1. The number of carbonyl (C=O) groups is 1. The van der Waals surface area contributed by atoms with Gasteiger partial charge in [0.1, 0.15) is 23.0 Å². The summed E-state index contributed by atoms with van der Waals surface area (Å²) in [6, 6.07) is 5.76. The summed E-state index contributed by atoms with van der Waals surface area (Å²) >= 11 is 0. The Morgan fingerprint density at radius 3 is 2.41 bits per heavy atom. The van der Waals surface area contributed by atoms with Crippen LogP contribution in [0.3, 0.4) is 0 Å². The van der Waals surface area contributed by atoms with Crippen LogP contribution in [0.2, 0.25) is 0 Å². The molecule has 1 saturated carbocycles. The normalized spacial score (nSPS) is 16.8. The van der Waals surface area contributed by atoms with Gasteiger partial charge in [-0.05, 0) is 43.7 Å². The van der Waals surface area contributed by atoms with Crippen molar-refractivity contribution in [1.82, 2.24) is 9.47 Å². The van der Waals surface area contributed by atoms with E-state index in [4.69, 9.17) is 0 Å². The fourth-order valence-corrected chi connectivity index (χ4v) is 4.50. The fourth-order valence-electron chi connectivity index (χ4n) is 4.50. The molecule has 3 aromatic rings. The number of rotatable bonds is 5. The summed E-state index contributed by atoms with van der Waals surface area (Å²) in [7, 11) is 0. The lowest BCUT2D eigenvalue weighted by Gasteiger charge is -2.35. The number of hydrogen-bond acceptors (Lipinski definition) is 4. The molecule has 1 aliphatic heterocycles. The average Bonchev–Trinajstić information content (AvgIpc) is 3.66. The first kappa shape index (κ1) is 22.5. The van der Waals surface area contributed by atoms with E-state index in [-0.39, 0.29) is 22.7 Å². The number of halogens is 3. The van der Waals surface area contributed by atoms with Crippen LogP contribution in [0, 0.1) is 17.5 Å². The van der Waals surface area contributed by atoms with Gasteiger partial charge in [-0.1, -0.05) is 6.92 Å². The van der Waals surface area contributed by atoms with Crippen LogP contribution < -0.4 is 15.6 Å². The number of benzene rings is 2. The van der Waals surface area contributed by atoms with Gasteiger partial charge in [-0.15, -0.1) is 0 Å². The molecule has 1 N–H and O–H groups in total. The predicted molar refractivity (Wildman–Crippen MR) is 125 cm³/mol. The van der Waals surface area contributed by atoms with Crippen LogP contribution in [0.4, 0.5) is 24.5 Å². The topological polar surface area (TPSA) is 57.6 Å². The van der Waals surface area contributed by atoms with Gasteiger partial charge in [0, 0.05) is 49.9 Å². The lowest BCUT2D eigenvalue weighted by Crippen LogP contribution is -2.46. The summed E-state index contributed by atoms with van der Waals surface area (Å²) in [5.41, 5.74) is -0.0643. The molecule has 0 spiro atoms. The van der Waals surface area contributed by atoms with Gasteiger partial charge in [-0.25, -0.2) is 13.2 Å². The lowest BCUT2D eigenvalue weighted by atomic mass is 10.1. The highest BCUT2D eigenvalue weighted by Gasteiger charge is 2.28. The van der Waals surface area contributed by atoms with Gasteiger partial charge in [-0.3, -0.25) is 9.59 Å². The van der Waals surface area contributed by atoms with Gasteiger partial charge in [0.15, 0.2) is 0 Å². The van der Waals surface area contributed by atoms with Crippen LogP contribution in [0.25, 0.3) is 10.9 Å². The molecular weight excluding hydrogens is 445 g/mol. The number of amides is 1. The number of carbonyl (C=O) groups excluding carboxylic acids is 1. The molecule has 9 heteroatoms. The van der Waals surface area contributed by atoms with E-state index in [1.165, 1.54) is 12.3 Å². The molecule has 2 aromatic carbocycles. The third-order valence-electron chi connectivity index (χ3n) is 6.63. The molecule has 1 saturated heterocycles. The molecule has 0 bridgehead atoms. The van der Waals surface area contributed by atoms with E-state index in [2.05, 4.69) is 17.1 Å². The second-order valence-electron chi connectivity index (χ2n) is 8.83. The predicted octanol–water partition coefficient (Wildman–Crippen LogP) is 4.15. The summed E-state index contributed by atoms with van der Waals surface area (Å²) in [5, 5.41) is 2.44. The maximum atomic E-state index is 15.2. The Balaban J connectivity index is 1.54. The van der Waals surface area contributed by atoms with Gasteiger partial charge in [-0.2, -0.15) is 0 Å². The summed E-state index contributed by atoms with van der Waals surface area (Å²) in [5.74, 6) is -3.07. The first-order chi connectivity index (χ1) is 16.4. The molecule has 178 valence electrons. The molecule has 6 nitrogen and oxygen atoms in total. The molecule has 0 atom stereocenters. The van der Waals surface area contributed by atoms with Crippen molar-refractivity contribution in [3.63, 3.8) is 0 Å². The van der Waals surface area contributed by atoms with E-state index in [0.29, 0.717) is 30.4 Å². The number of fused-ring (bicyclic) bond motifs is 1. The highest BCUT2D eigenvalue weighted by atomic mass is 19.1. The molecule has 1 aromatic heterocycles. The van der Waals surface area contributed by atoms with Gasteiger partial charge in [0.25, 0.3) is 5.91 Å². The third kappa shape index (κ3) is 4.16. The smallest absolute Gasteiger partial charge is 0.261 e. The van der Waals surface area contributed by atoms with E-state index in [1.54, 1.807) is 6.07 Å². The maximum absolute atomic E-state index is 15.2. The minimum atomic E-state index is -0.949. The van der Waals surface area contributed by atoms with E-state index >= 15 is 4.39 Å². The van der Waals surface area contributed by atoms with Crippen molar-refractivity contribution in [3.8, 4) is 0 Å². The molecule has 1 amide bonds. The second kappa shape index (κ2) is 8.79. The minimum absolute atomic E-state index is 0.104. The molecule has 34 heavy (non-hydrogen) atoms. The van der Waals surface area contributed by atoms with Gasteiger partial charge in [0.2, 0.25) is 5.43 Å². The van der Waals surface area contributed by atoms with E-state index in [0.717, 1.165) is 44.6 Å². The Morgan fingerprint density at radius 1 is 1.03 bits per heavy atom. The average molecular weight is 470 g/mol. The number of pyridine rings is 1. The van der Waals surface area contributed by atoms with Crippen molar-refractivity contribution in [1.29, 1.82) is 0 Å². The van der Waals surface area contributed by atoms with E-state index in [9.17, 15) is 18.4 Å². The molecular formula is C25H25F3N4O2. The SMILES string of the molecule is CCN1CCN(c2cc3c(cc2F)c(=O)c(C(=O)Nc2ccc(F)cc2F)cn3C2CC2)CC1. The number of nitrogens with one attached hydrogen (secondary N) is 1. The van der Waals surface area contributed by atoms with Crippen LogP contribution in [-0.2, 0) is 0 Å². The van der Waals surface area contributed by atoms with Crippen LogP contribution >= 0.6 is 0 Å². The highest BCUT2D eigenvalue weighted by Crippen LogP contribution is 2.38. The molecule has 2 heterocycles. The summed E-state index contributed by atoms with van der Waals surface area (Å²) in [4.78, 5) is 30.4. The number of anilines is 2. The van der Waals surface area contributed by atoms with Gasteiger partial charge in [0.05, 0.1) is 16.9 Å². The van der Waals surface area contributed by atoms with E-state index in [1.807, 2.05) is 9.47 Å². The summed E-state index contributed by atoms with van der Waals surface area (Å²) in [6.45, 7) is 6.09. The quantitative estimate of drug-likeness (QED) is 0.609. The van der Waals surface area contributed by atoms with Crippen molar-refractivity contribution in [3.05, 3.63) is 69.8 Å². The first-order valence-electron chi connectivity index (χ1n) is 11.5. The Labute approximate surface area is 194 Å². The zero-order valence-corrected chi connectivity index (χ0v) is 18.8. The number of hydrogen-bond donors (Lipinski definition) is 1. The maximum Gasteiger partial charge on any atom is 0.261 e. The largest absolute Gasteiger partial charge is 0.367 e. The molecule has 5 rings (SSSR count). The van der Waals surface area contributed by atoms with Crippen LogP contribution in [0.1, 0.15) is 36.2 Å². The van der Waals surface area contributed by atoms with Crippen LogP contribution in [-0.4, -0.2) is 48.1 Å². The molecule has 1 aliphatic carbocycles. The minimum Gasteiger partial charge on any atom is -0.367 e. The number of nitrogens with zero attached hydrogens (tertiary/aromatic N) is 3. The van der Waals surface area contributed by atoms with Crippen molar-refractivity contribution >= 4 is 28.2 Å².